The van der Waals surface area contributed by atoms with E-state index in [1.807, 2.05) is 32.9 Å². The summed E-state index contributed by atoms with van der Waals surface area (Å²) < 4.78 is 6.58. The molecule has 62 valence electrons. The predicted molar refractivity (Wildman–Crippen MR) is 52.0 cm³/mol. The summed E-state index contributed by atoms with van der Waals surface area (Å²) in [6, 6.07) is 3.88. The molecule has 1 aromatic rings. The van der Waals surface area contributed by atoms with Gasteiger partial charge in [-0.3, -0.25) is 0 Å². The fourth-order valence-corrected chi connectivity index (χ4v) is 1.78. The molecule has 0 radical (unpaired) electrons. The minimum absolute atomic E-state index is 0.106. The molecule has 0 aliphatic carbocycles. The maximum atomic E-state index is 5.59. The molecule has 0 spiro atoms. The number of hydrogen-bond acceptors (Lipinski definition) is 3. The van der Waals surface area contributed by atoms with Crippen LogP contribution in [0.15, 0.2) is 16.3 Å². The summed E-state index contributed by atoms with van der Waals surface area (Å²) in [5.41, 5.74) is -0.106. The van der Waals surface area contributed by atoms with Crippen LogP contribution in [0, 0.1) is 0 Å². The largest absolute Gasteiger partial charge is 0.479 e. The van der Waals surface area contributed by atoms with Crippen molar-refractivity contribution in [2.24, 2.45) is 0 Å². The highest BCUT2D eigenvalue weighted by Crippen LogP contribution is 2.29. The normalized spacial score (nSPS) is 11.6. The van der Waals surface area contributed by atoms with Crippen LogP contribution in [0.4, 0.5) is 0 Å². The zero-order chi connectivity index (χ0) is 8.48. The van der Waals surface area contributed by atoms with E-state index in [1.54, 1.807) is 11.3 Å². The fourth-order valence-electron chi connectivity index (χ4n) is 0.667. The van der Waals surface area contributed by atoms with Crippen LogP contribution in [-0.4, -0.2) is 5.60 Å². The lowest BCUT2D eigenvalue weighted by Crippen LogP contribution is -2.22. The van der Waals surface area contributed by atoms with Crippen molar-refractivity contribution in [2.45, 2.75) is 30.6 Å². The van der Waals surface area contributed by atoms with Gasteiger partial charge in [0.2, 0.25) is 0 Å². The third-order valence-corrected chi connectivity index (χ3v) is 2.16. The van der Waals surface area contributed by atoms with Crippen LogP contribution in [-0.2, 0) is 0 Å². The van der Waals surface area contributed by atoms with Crippen molar-refractivity contribution in [3.8, 4) is 5.06 Å². The van der Waals surface area contributed by atoms with Gasteiger partial charge in [-0.05, 0) is 32.9 Å². The molecule has 0 aliphatic rings. The monoisotopic (exact) mass is 188 g/mol. The second kappa shape index (κ2) is 3.07. The van der Waals surface area contributed by atoms with E-state index >= 15 is 0 Å². The van der Waals surface area contributed by atoms with Gasteiger partial charge in [0.05, 0.1) is 4.21 Å². The molecule has 0 amide bonds. The van der Waals surface area contributed by atoms with E-state index in [2.05, 4.69) is 12.6 Å². The van der Waals surface area contributed by atoms with E-state index < -0.39 is 0 Å². The van der Waals surface area contributed by atoms with Crippen molar-refractivity contribution in [1.82, 2.24) is 0 Å². The van der Waals surface area contributed by atoms with Crippen LogP contribution >= 0.6 is 24.0 Å². The number of ether oxygens (including phenoxy) is 1. The Balaban J connectivity index is 2.65. The number of thiophene rings is 1. The Labute approximate surface area is 76.8 Å². The average molecular weight is 188 g/mol. The molecule has 0 aromatic carbocycles. The molecule has 0 unspecified atom stereocenters. The van der Waals surface area contributed by atoms with E-state index in [9.17, 15) is 0 Å². The summed E-state index contributed by atoms with van der Waals surface area (Å²) in [6.45, 7) is 6.10. The first-order valence-corrected chi connectivity index (χ1v) is 4.71. The molecule has 1 rings (SSSR count). The second-order valence-electron chi connectivity index (χ2n) is 3.31. The summed E-state index contributed by atoms with van der Waals surface area (Å²) >= 11 is 5.75. The van der Waals surface area contributed by atoms with E-state index in [-0.39, 0.29) is 5.60 Å². The lowest BCUT2D eigenvalue weighted by molar-refractivity contribution is 0.136. The third-order valence-electron chi connectivity index (χ3n) is 0.974. The van der Waals surface area contributed by atoms with Gasteiger partial charge in [-0.1, -0.05) is 11.3 Å². The van der Waals surface area contributed by atoms with Crippen LogP contribution in [0.1, 0.15) is 20.8 Å². The smallest absolute Gasteiger partial charge is 0.175 e. The highest BCUT2D eigenvalue weighted by atomic mass is 32.2. The van der Waals surface area contributed by atoms with Crippen LogP contribution in [0.5, 0.6) is 5.06 Å². The van der Waals surface area contributed by atoms with Crippen LogP contribution in [0.3, 0.4) is 0 Å². The van der Waals surface area contributed by atoms with Crippen LogP contribution in [0.2, 0.25) is 0 Å². The first-order chi connectivity index (χ1) is 4.97. The van der Waals surface area contributed by atoms with E-state index in [4.69, 9.17) is 4.74 Å². The molecular formula is C8H12OS2. The summed E-state index contributed by atoms with van der Waals surface area (Å²) in [7, 11) is 0. The molecule has 11 heavy (non-hydrogen) atoms. The zero-order valence-electron chi connectivity index (χ0n) is 6.92. The first kappa shape index (κ1) is 8.94. The van der Waals surface area contributed by atoms with Gasteiger partial charge in [-0.15, -0.1) is 12.6 Å². The molecule has 0 aliphatic heterocycles. The minimum atomic E-state index is -0.106. The Morgan fingerprint density at radius 3 is 2.36 bits per heavy atom. The van der Waals surface area contributed by atoms with Crippen LogP contribution in [0.25, 0.3) is 0 Å². The second-order valence-corrected chi connectivity index (χ2v) is 5.14. The van der Waals surface area contributed by atoms with Gasteiger partial charge in [-0.25, -0.2) is 0 Å². The molecule has 1 heterocycles. The zero-order valence-corrected chi connectivity index (χ0v) is 8.63. The van der Waals surface area contributed by atoms with Crippen molar-refractivity contribution in [2.75, 3.05) is 0 Å². The molecular weight excluding hydrogens is 176 g/mol. The molecule has 0 N–H and O–H groups in total. The highest BCUT2D eigenvalue weighted by Gasteiger charge is 2.12. The quantitative estimate of drug-likeness (QED) is 0.666. The van der Waals surface area contributed by atoms with Crippen molar-refractivity contribution in [3.63, 3.8) is 0 Å². The van der Waals surface area contributed by atoms with Gasteiger partial charge < -0.3 is 4.74 Å². The van der Waals surface area contributed by atoms with Crippen molar-refractivity contribution < 1.29 is 4.74 Å². The van der Waals surface area contributed by atoms with Gasteiger partial charge in [-0.2, -0.15) is 0 Å². The Hall–Kier alpha value is -0.150. The first-order valence-electron chi connectivity index (χ1n) is 3.45. The average Bonchev–Trinajstić information content (AvgIpc) is 2.10. The number of thiol groups is 1. The van der Waals surface area contributed by atoms with Crippen molar-refractivity contribution in [1.29, 1.82) is 0 Å². The lowest BCUT2D eigenvalue weighted by atomic mass is 10.2. The van der Waals surface area contributed by atoms with Gasteiger partial charge in [0.25, 0.3) is 0 Å². The van der Waals surface area contributed by atoms with Gasteiger partial charge in [0.15, 0.2) is 5.06 Å². The Kier molecular flexibility index (Phi) is 2.50. The highest BCUT2D eigenvalue weighted by molar-refractivity contribution is 7.83. The summed E-state index contributed by atoms with van der Waals surface area (Å²) in [5, 5.41) is 0.933. The standard InChI is InChI=1S/C8H12OS2/c1-8(2,3)9-6-4-5-7(10)11-6/h4-5,10H,1-3H3. The predicted octanol–water partition coefficient (Wildman–Crippen LogP) is 3.21. The fraction of sp³-hybridized carbons (Fsp3) is 0.500. The minimum Gasteiger partial charge on any atom is -0.479 e. The molecule has 1 aromatic heterocycles. The summed E-state index contributed by atoms with van der Waals surface area (Å²) in [5.74, 6) is 0. The SMILES string of the molecule is CC(C)(C)Oc1ccc(S)s1. The number of hydrogen-bond donors (Lipinski definition) is 1. The molecule has 3 heteroatoms. The molecule has 0 saturated heterocycles. The Bertz CT molecular complexity index is 234. The van der Waals surface area contributed by atoms with E-state index in [1.165, 1.54) is 0 Å². The Morgan fingerprint density at radius 2 is 2.00 bits per heavy atom. The molecule has 0 bridgehead atoms. The third kappa shape index (κ3) is 3.16. The van der Waals surface area contributed by atoms with Crippen molar-refractivity contribution in [3.05, 3.63) is 12.1 Å². The van der Waals surface area contributed by atoms with Gasteiger partial charge in [0.1, 0.15) is 5.60 Å². The maximum Gasteiger partial charge on any atom is 0.175 e. The Morgan fingerprint density at radius 1 is 1.36 bits per heavy atom. The molecule has 0 fully saturated rings. The molecule has 1 nitrogen and oxygen atoms in total. The van der Waals surface area contributed by atoms with Gasteiger partial charge in [0, 0.05) is 0 Å². The molecule has 0 atom stereocenters. The topological polar surface area (TPSA) is 9.23 Å². The van der Waals surface area contributed by atoms with E-state index in [0.29, 0.717) is 0 Å². The summed E-state index contributed by atoms with van der Waals surface area (Å²) in [4.78, 5) is 0. The summed E-state index contributed by atoms with van der Waals surface area (Å²) in [6.07, 6.45) is 0. The van der Waals surface area contributed by atoms with Crippen LogP contribution < -0.4 is 4.74 Å². The van der Waals surface area contributed by atoms with Crippen molar-refractivity contribution >= 4 is 24.0 Å². The lowest BCUT2D eigenvalue weighted by Gasteiger charge is -2.19. The van der Waals surface area contributed by atoms with Gasteiger partial charge >= 0.3 is 0 Å². The number of rotatable bonds is 1. The van der Waals surface area contributed by atoms with E-state index in [0.717, 1.165) is 9.27 Å². The maximum absolute atomic E-state index is 5.59. The molecule has 0 saturated carbocycles.